The molecule has 0 saturated heterocycles. The van der Waals surface area contributed by atoms with Crippen LogP contribution in [0.2, 0.25) is 0 Å². The van der Waals surface area contributed by atoms with Crippen LogP contribution < -0.4 is 5.56 Å². The van der Waals surface area contributed by atoms with E-state index in [-0.39, 0.29) is 11.1 Å². The second-order valence-corrected chi connectivity index (χ2v) is 4.80. The van der Waals surface area contributed by atoms with E-state index in [4.69, 9.17) is 5.26 Å². The summed E-state index contributed by atoms with van der Waals surface area (Å²) in [7, 11) is 0. The van der Waals surface area contributed by atoms with Gasteiger partial charge in [-0.1, -0.05) is 25.1 Å². The van der Waals surface area contributed by atoms with Crippen molar-refractivity contribution in [3.63, 3.8) is 0 Å². The predicted octanol–water partition coefficient (Wildman–Crippen LogP) is 1.56. The number of fused-ring (bicyclic) bond motifs is 1. The summed E-state index contributed by atoms with van der Waals surface area (Å²) in [6, 6.07) is 1.99. The molecule has 0 amide bonds. The second-order valence-electron chi connectivity index (χ2n) is 3.74. The van der Waals surface area contributed by atoms with E-state index in [9.17, 15) is 4.79 Å². The van der Waals surface area contributed by atoms with Crippen molar-refractivity contribution >= 4 is 11.8 Å². The molecule has 1 aliphatic rings. The van der Waals surface area contributed by atoms with Crippen LogP contribution in [0.3, 0.4) is 0 Å². The van der Waals surface area contributed by atoms with Gasteiger partial charge in [0, 0.05) is 12.3 Å². The zero-order valence-corrected chi connectivity index (χ0v) is 10.0. The highest BCUT2D eigenvalue weighted by Crippen LogP contribution is 2.22. The van der Waals surface area contributed by atoms with Gasteiger partial charge in [-0.3, -0.25) is 9.36 Å². The molecule has 2 rings (SSSR count). The Morgan fingerprint density at radius 2 is 2.44 bits per heavy atom. The monoisotopic (exact) mass is 235 g/mol. The lowest BCUT2D eigenvalue weighted by molar-refractivity contribution is 0.553. The van der Waals surface area contributed by atoms with Crippen LogP contribution in [0, 0.1) is 11.3 Å². The first-order valence-electron chi connectivity index (χ1n) is 5.44. The molecule has 0 bridgehead atoms. The van der Waals surface area contributed by atoms with Gasteiger partial charge >= 0.3 is 0 Å². The lowest BCUT2D eigenvalue weighted by atomic mass is 10.1. The van der Waals surface area contributed by atoms with Crippen LogP contribution in [0.1, 0.15) is 31.0 Å². The Morgan fingerprint density at radius 1 is 1.62 bits per heavy atom. The molecular weight excluding hydrogens is 222 g/mol. The summed E-state index contributed by atoms with van der Waals surface area (Å²) in [6.07, 6.45) is 2.57. The molecule has 1 aromatic rings. The number of nitriles is 1. The van der Waals surface area contributed by atoms with E-state index in [0.717, 1.165) is 23.8 Å². The highest BCUT2D eigenvalue weighted by Gasteiger charge is 2.18. The Kier molecular flexibility index (Phi) is 3.30. The van der Waals surface area contributed by atoms with Crippen LogP contribution in [0.5, 0.6) is 0 Å². The van der Waals surface area contributed by atoms with Gasteiger partial charge in [-0.25, -0.2) is 4.98 Å². The molecule has 0 radical (unpaired) electrons. The van der Waals surface area contributed by atoms with E-state index >= 15 is 0 Å². The van der Waals surface area contributed by atoms with Crippen molar-refractivity contribution in [2.24, 2.45) is 0 Å². The number of hydrogen-bond acceptors (Lipinski definition) is 4. The van der Waals surface area contributed by atoms with Crippen LogP contribution in [-0.2, 0) is 13.0 Å². The Labute approximate surface area is 98.3 Å². The van der Waals surface area contributed by atoms with Gasteiger partial charge in [0.05, 0.1) is 5.69 Å². The van der Waals surface area contributed by atoms with Crippen LogP contribution in [0.25, 0.3) is 0 Å². The number of thioether (sulfide) groups is 1. The van der Waals surface area contributed by atoms with E-state index in [0.29, 0.717) is 18.7 Å². The van der Waals surface area contributed by atoms with E-state index in [1.807, 2.05) is 13.0 Å². The van der Waals surface area contributed by atoms with Crippen molar-refractivity contribution in [3.8, 4) is 6.07 Å². The summed E-state index contributed by atoms with van der Waals surface area (Å²) < 4.78 is 1.63. The molecule has 1 aromatic heterocycles. The largest absolute Gasteiger partial charge is 0.286 e. The minimum Gasteiger partial charge on any atom is -0.286 e. The second kappa shape index (κ2) is 4.71. The zero-order valence-electron chi connectivity index (χ0n) is 9.19. The van der Waals surface area contributed by atoms with Gasteiger partial charge in [-0.2, -0.15) is 5.26 Å². The van der Waals surface area contributed by atoms with Gasteiger partial charge in [0.1, 0.15) is 11.6 Å². The number of aromatic nitrogens is 2. The van der Waals surface area contributed by atoms with E-state index in [2.05, 4.69) is 4.98 Å². The summed E-state index contributed by atoms with van der Waals surface area (Å²) in [6.45, 7) is 2.71. The molecule has 0 N–H and O–H groups in total. The van der Waals surface area contributed by atoms with Gasteiger partial charge < -0.3 is 0 Å². The van der Waals surface area contributed by atoms with Crippen molar-refractivity contribution in [1.82, 2.24) is 9.55 Å². The normalized spacial score (nSPS) is 14.2. The summed E-state index contributed by atoms with van der Waals surface area (Å²) in [5.74, 6) is 1.00. The van der Waals surface area contributed by atoms with Gasteiger partial charge in [-0.15, -0.1) is 0 Å². The number of aryl methyl sites for hydroxylation is 1. The Bertz CT molecular complexity index is 501. The van der Waals surface area contributed by atoms with Crippen molar-refractivity contribution in [1.29, 1.82) is 5.26 Å². The molecular formula is C11H13N3OS. The minimum absolute atomic E-state index is 0.164. The lowest BCUT2D eigenvalue weighted by Gasteiger charge is -2.17. The highest BCUT2D eigenvalue weighted by molar-refractivity contribution is 7.99. The molecule has 4 nitrogen and oxygen atoms in total. The van der Waals surface area contributed by atoms with Crippen molar-refractivity contribution in [2.75, 3.05) is 5.75 Å². The molecule has 16 heavy (non-hydrogen) atoms. The molecule has 5 heteroatoms. The fourth-order valence-corrected chi connectivity index (χ4v) is 2.76. The topological polar surface area (TPSA) is 58.7 Å². The van der Waals surface area contributed by atoms with Crippen LogP contribution in [0.15, 0.2) is 9.95 Å². The van der Waals surface area contributed by atoms with E-state index in [1.54, 1.807) is 16.3 Å². The zero-order chi connectivity index (χ0) is 11.5. The average Bonchev–Trinajstić information content (AvgIpc) is 2.30. The van der Waals surface area contributed by atoms with Crippen LogP contribution >= 0.6 is 11.8 Å². The Balaban J connectivity index is 2.61. The molecule has 0 fully saturated rings. The fraction of sp³-hybridized carbons (Fsp3) is 0.545. The first-order chi connectivity index (χ1) is 7.77. The smallest absolute Gasteiger partial charge is 0.272 e. The maximum Gasteiger partial charge on any atom is 0.272 e. The third kappa shape index (κ3) is 1.85. The summed E-state index contributed by atoms with van der Waals surface area (Å²) in [5, 5.41) is 9.79. The summed E-state index contributed by atoms with van der Waals surface area (Å²) in [4.78, 5) is 16.5. The molecule has 0 aromatic carbocycles. The fourth-order valence-electron chi connectivity index (χ4n) is 1.80. The summed E-state index contributed by atoms with van der Waals surface area (Å²) >= 11 is 1.60. The van der Waals surface area contributed by atoms with Crippen molar-refractivity contribution < 1.29 is 0 Å². The van der Waals surface area contributed by atoms with E-state index < -0.39 is 0 Å². The molecule has 0 saturated carbocycles. The van der Waals surface area contributed by atoms with Crippen LogP contribution in [-0.4, -0.2) is 15.3 Å². The van der Waals surface area contributed by atoms with Crippen molar-refractivity contribution in [3.05, 3.63) is 21.6 Å². The third-order valence-corrected chi connectivity index (χ3v) is 3.63. The first kappa shape index (κ1) is 11.2. The number of hydrogen-bond donors (Lipinski definition) is 0. The predicted molar refractivity (Wildman–Crippen MR) is 62.5 cm³/mol. The molecule has 84 valence electrons. The minimum atomic E-state index is -0.164. The maximum absolute atomic E-state index is 12.0. The average molecular weight is 235 g/mol. The van der Waals surface area contributed by atoms with Gasteiger partial charge in [0.2, 0.25) is 0 Å². The van der Waals surface area contributed by atoms with E-state index in [1.165, 1.54) is 0 Å². The van der Waals surface area contributed by atoms with Crippen molar-refractivity contribution in [2.45, 2.75) is 37.9 Å². The Morgan fingerprint density at radius 3 is 3.12 bits per heavy atom. The number of nitrogens with zero attached hydrogens (tertiary/aromatic N) is 3. The maximum atomic E-state index is 12.0. The SMILES string of the molecule is CCCc1nc2n(c(=O)c1C#N)CCCS2. The Hall–Kier alpha value is -1.28. The summed E-state index contributed by atoms with van der Waals surface area (Å²) in [5.41, 5.74) is 0.729. The molecule has 2 heterocycles. The standard InChI is InChI=1S/C11H13N3OS/c1-2-4-9-8(7-12)10(15)14-5-3-6-16-11(14)13-9/h2-6H2,1H3. The molecule has 0 unspecified atom stereocenters. The van der Waals surface area contributed by atoms with Gasteiger partial charge in [-0.05, 0) is 12.8 Å². The van der Waals surface area contributed by atoms with Crippen LogP contribution in [0.4, 0.5) is 0 Å². The molecule has 0 aliphatic carbocycles. The molecule has 0 spiro atoms. The first-order valence-corrected chi connectivity index (χ1v) is 6.43. The lowest BCUT2D eigenvalue weighted by Crippen LogP contribution is -2.29. The van der Waals surface area contributed by atoms with Gasteiger partial charge in [0.15, 0.2) is 5.16 Å². The highest BCUT2D eigenvalue weighted by atomic mass is 32.2. The third-order valence-electron chi connectivity index (χ3n) is 2.56. The van der Waals surface area contributed by atoms with Gasteiger partial charge in [0.25, 0.3) is 5.56 Å². The quantitative estimate of drug-likeness (QED) is 0.730. The molecule has 1 aliphatic heterocycles. The number of rotatable bonds is 2. The molecule has 0 atom stereocenters.